The molecule has 2 aromatic carbocycles. The summed E-state index contributed by atoms with van der Waals surface area (Å²) in [5.74, 6) is 0.211. The van der Waals surface area contributed by atoms with Gasteiger partial charge in [0.05, 0.1) is 6.04 Å². The van der Waals surface area contributed by atoms with Crippen LogP contribution >= 0.6 is 15.9 Å². The van der Waals surface area contributed by atoms with Gasteiger partial charge in [0.15, 0.2) is 0 Å². The molecule has 0 aliphatic carbocycles. The van der Waals surface area contributed by atoms with Gasteiger partial charge in [-0.25, -0.2) is 0 Å². The topological polar surface area (TPSA) is 20.3 Å². The fourth-order valence-electron chi connectivity index (χ4n) is 2.82. The van der Waals surface area contributed by atoms with Gasteiger partial charge in [-0.2, -0.15) is 0 Å². The van der Waals surface area contributed by atoms with Crippen molar-refractivity contribution in [3.05, 3.63) is 64.6 Å². The molecule has 0 aromatic heterocycles. The van der Waals surface area contributed by atoms with Crippen LogP contribution in [0.2, 0.25) is 0 Å². The Morgan fingerprint density at radius 2 is 1.70 bits per heavy atom. The summed E-state index contributed by atoms with van der Waals surface area (Å²) >= 11 is 3.61. The Kier molecular flexibility index (Phi) is 3.88. The van der Waals surface area contributed by atoms with E-state index in [9.17, 15) is 4.79 Å². The van der Waals surface area contributed by atoms with Crippen LogP contribution in [-0.4, -0.2) is 5.91 Å². The lowest BCUT2D eigenvalue weighted by Crippen LogP contribution is -2.38. The smallest absolute Gasteiger partial charge is 0.227 e. The van der Waals surface area contributed by atoms with Gasteiger partial charge in [-0.3, -0.25) is 4.79 Å². The van der Waals surface area contributed by atoms with Crippen molar-refractivity contribution in [1.82, 2.24) is 0 Å². The number of carbonyl (C=O) groups is 1. The van der Waals surface area contributed by atoms with Crippen molar-refractivity contribution in [2.24, 2.45) is 0 Å². The molecule has 3 heteroatoms. The molecule has 1 heterocycles. The molecular formula is C17H16BrNO. The molecule has 0 bridgehead atoms. The Morgan fingerprint density at radius 1 is 1.00 bits per heavy atom. The number of halogens is 1. The molecule has 102 valence electrons. The van der Waals surface area contributed by atoms with E-state index in [1.165, 1.54) is 5.56 Å². The van der Waals surface area contributed by atoms with Gasteiger partial charge in [0.1, 0.15) is 0 Å². The first kappa shape index (κ1) is 13.4. The van der Waals surface area contributed by atoms with Crippen LogP contribution in [0.15, 0.2) is 59.1 Å². The number of hydrogen-bond donors (Lipinski definition) is 0. The average Bonchev–Trinajstić information content (AvgIpc) is 2.48. The second-order valence-corrected chi connectivity index (χ2v) is 5.88. The van der Waals surface area contributed by atoms with Gasteiger partial charge in [-0.1, -0.05) is 52.3 Å². The molecule has 1 unspecified atom stereocenters. The summed E-state index contributed by atoms with van der Waals surface area (Å²) in [6, 6.07) is 18.2. The van der Waals surface area contributed by atoms with Crippen molar-refractivity contribution in [2.45, 2.75) is 25.3 Å². The van der Waals surface area contributed by atoms with Gasteiger partial charge in [0, 0.05) is 16.6 Å². The molecule has 3 rings (SSSR count). The van der Waals surface area contributed by atoms with Crippen LogP contribution < -0.4 is 4.90 Å². The summed E-state index contributed by atoms with van der Waals surface area (Å²) in [7, 11) is 0. The van der Waals surface area contributed by atoms with Crippen molar-refractivity contribution in [2.75, 3.05) is 4.90 Å². The number of anilines is 1. The zero-order valence-electron chi connectivity index (χ0n) is 11.1. The second kappa shape index (κ2) is 5.80. The quantitative estimate of drug-likeness (QED) is 0.781. The number of amides is 1. The lowest BCUT2D eigenvalue weighted by Gasteiger charge is -2.36. The van der Waals surface area contributed by atoms with Crippen LogP contribution in [0, 0.1) is 0 Å². The van der Waals surface area contributed by atoms with Gasteiger partial charge in [0.2, 0.25) is 5.91 Å². The molecular weight excluding hydrogens is 314 g/mol. The van der Waals surface area contributed by atoms with Crippen molar-refractivity contribution in [3.63, 3.8) is 0 Å². The zero-order valence-corrected chi connectivity index (χ0v) is 12.7. The zero-order chi connectivity index (χ0) is 13.9. The normalized spacial score (nSPS) is 19.1. The first-order valence-corrected chi connectivity index (χ1v) is 7.68. The molecule has 0 radical (unpaired) electrons. The Hall–Kier alpha value is -1.61. The van der Waals surface area contributed by atoms with E-state index in [4.69, 9.17) is 0 Å². The van der Waals surface area contributed by atoms with Crippen LogP contribution in [0.4, 0.5) is 5.69 Å². The minimum atomic E-state index is 0.120. The fraction of sp³-hybridized carbons (Fsp3) is 0.235. The van der Waals surface area contributed by atoms with E-state index in [0.717, 1.165) is 23.0 Å². The van der Waals surface area contributed by atoms with Crippen molar-refractivity contribution >= 4 is 27.5 Å². The Morgan fingerprint density at radius 3 is 2.45 bits per heavy atom. The molecule has 1 atom stereocenters. The Labute approximate surface area is 127 Å². The molecule has 20 heavy (non-hydrogen) atoms. The molecule has 2 aromatic rings. The standard InChI is InChI=1S/C17H16BrNO/c18-15-10-5-4-9-14(15)16-11-6-12-17(20)19(16)13-7-2-1-3-8-13/h1-5,7-10,16H,6,11-12H2. The van der Waals surface area contributed by atoms with E-state index < -0.39 is 0 Å². The maximum Gasteiger partial charge on any atom is 0.227 e. The molecule has 0 saturated carbocycles. The molecule has 0 spiro atoms. The molecule has 1 aliphatic heterocycles. The third-order valence-corrected chi connectivity index (χ3v) is 4.47. The summed E-state index contributed by atoms with van der Waals surface area (Å²) < 4.78 is 1.07. The number of para-hydroxylation sites is 1. The minimum absolute atomic E-state index is 0.120. The largest absolute Gasteiger partial charge is 0.305 e. The second-order valence-electron chi connectivity index (χ2n) is 5.03. The number of piperidine rings is 1. The predicted molar refractivity (Wildman–Crippen MR) is 84.7 cm³/mol. The monoisotopic (exact) mass is 329 g/mol. The predicted octanol–water partition coefficient (Wildman–Crippen LogP) is 4.71. The van der Waals surface area contributed by atoms with Crippen LogP contribution in [0.5, 0.6) is 0 Å². The number of hydrogen-bond acceptors (Lipinski definition) is 1. The summed E-state index contributed by atoms with van der Waals surface area (Å²) in [6.45, 7) is 0. The Bertz CT molecular complexity index is 611. The minimum Gasteiger partial charge on any atom is -0.305 e. The van der Waals surface area contributed by atoms with Crippen LogP contribution in [0.1, 0.15) is 30.9 Å². The van der Waals surface area contributed by atoms with Gasteiger partial charge in [0.25, 0.3) is 0 Å². The van der Waals surface area contributed by atoms with E-state index >= 15 is 0 Å². The lowest BCUT2D eigenvalue weighted by molar-refractivity contribution is -0.120. The maximum absolute atomic E-state index is 12.4. The first-order valence-electron chi connectivity index (χ1n) is 6.89. The van der Waals surface area contributed by atoms with Crippen molar-refractivity contribution in [1.29, 1.82) is 0 Å². The molecule has 2 nitrogen and oxygen atoms in total. The lowest BCUT2D eigenvalue weighted by atomic mass is 9.94. The van der Waals surface area contributed by atoms with Crippen molar-refractivity contribution in [3.8, 4) is 0 Å². The SMILES string of the molecule is O=C1CCCC(c2ccccc2Br)N1c1ccccc1. The highest BCUT2D eigenvalue weighted by Gasteiger charge is 2.31. The third-order valence-electron chi connectivity index (χ3n) is 3.75. The Balaban J connectivity index is 2.04. The van der Waals surface area contributed by atoms with Crippen LogP contribution in [0.3, 0.4) is 0 Å². The van der Waals surface area contributed by atoms with E-state index in [1.54, 1.807) is 0 Å². The first-order chi connectivity index (χ1) is 9.77. The molecule has 1 amide bonds. The van der Waals surface area contributed by atoms with Crippen LogP contribution in [0.25, 0.3) is 0 Å². The number of nitrogens with zero attached hydrogens (tertiary/aromatic N) is 1. The highest BCUT2D eigenvalue weighted by Crippen LogP contribution is 2.38. The van der Waals surface area contributed by atoms with Gasteiger partial charge in [-0.15, -0.1) is 0 Å². The number of benzene rings is 2. The highest BCUT2D eigenvalue weighted by molar-refractivity contribution is 9.10. The summed E-state index contributed by atoms with van der Waals surface area (Å²) in [5.41, 5.74) is 2.17. The molecule has 1 fully saturated rings. The van der Waals surface area contributed by atoms with E-state index in [-0.39, 0.29) is 11.9 Å². The van der Waals surface area contributed by atoms with E-state index in [2.05, 4.69) is 22.0 Å². The average molecular weight is 330 g/mol. The fourth-order valence-corrected chi connectivity index (χ4v) is 3.37. The number of carbonyl (C=O) groups excluding carboxylic acids is 1. The summed E-state index contributed by atoms with van der Waals surface area (Å²) in [6.07, 6.45) is 2.59. The highest BCUT2D eigenvalue weighted by atomic mass is 79.9. The van der Waals surface area contributed by atoms with Gasteiger partial charge in [-0.05, 0) is 36.6 Å². The van der Waals surface area contributed by atoms with Gasteiger partial charge < -0.3 is 4.90 Å². The third kappa shape index (κ3) is 2.50. The molecule has 0 N–H and O–H groups in total. The maximum atomic E-state index is 12.4. The van der Waals surface area contributed by atoms with E-state index in [1.807, 2.05) is 53.4 Å². The molecule has 1 aliphatic rings. The van der Waals surface area contributed by atoms with E-state index in [0.29, 0.717) is 6.42 Å². The van der Waals surface area contributed by atoms with Crippen molar-refractivity contribution < 1.29 is 4.79 Å². The van der Waals surface area contributed by atoms with Crippen LogP contribution in [-0.2, 0) is 4.79 Å². The van der Waals surface area contributed by atoms with Gasteiger partial charge >= 0.3 is 0 Å². The number of rotatable bonds is 2. The summed E-state index contributed by atoms with van der Waals surface area (Å²) in [5, 5.41) is 0. The summed E-state index contributed by atoms with van der Waals surface area (Å²) in [4.78, 5) is 14.3. The molecule has 1 saturated heterocycles.